The van der Waals surface area contributed by atoms with E-state index in [2.05, 4.69) is 20.8 Å². The molecule has 0 amide bonds. The molecule has 0 aromatic rings. The molecule has 0 spiro atoms. The third-order valence-electron chi connectivity index (χ3n) is 4.62. The second-order valence-electron chi connectivity index (χ2n) is 7.55. The number of hydrogen-bond acceptors (Lipinski definition) is 6. The van der Waals surface area contributed by atoms with E-state index in [1.165, 1.54) is 0 Å². The lowest BCUT2D eigenvalue weighted by Crippen LogP contribution is -2.17. The van der Waals surface area contributed by atoms with Crippen molar-refractivity contribution < 1.29 is 28.6 Å². The molecule has 0 unspecified atom stereocenters. The molecule has 0 aromatic carbocycles. The normalized spacial score (nSPS) is 11.2. The molecule has 0 heterocycles. The minimum absolute atomic E-state index is 0.0115. The van der Waals surface area contributed by atoms with Crippen molar-refractivity contribution in [3.63, 3.8) is 0 Å². The first kappa shape index (κ1) is 28.1. The lowest BCUT2D eigenvalue weighted by atomic mass is 10.1. The van der Waals surface area contributed by atoms with Gasteiger partial charge in [-0.15, -0.1) is 0 Å². The van der Waals surface area contributed by atoms with E-state index in [-0.39, 0.29) is 18.6 Å². The van der Waals surface area contributed by atoms with E-state index >= 15 is 0 Å². The zero-order valence-electron chi connectivity index (χ0n) is 19.3. The van der Waals surface area contributed by atoms with Crippen molar-refractivity contribution in [1.29, 1.82) is 0 Å². The van der Waals surface area contributed by atoms with E-state index in [1.54, 1.807) is 0 Å². The Morgan fingerprint density at radius 3 is 1.57 bits per heavy atom. The summed E-state index contributed by atoms with van der Waals surface area (Å²) in [4.78, 5) is 36.5. The number of esters is 3. The summed E-state index contributed by atoms with van der Waals surface area (Å²) in [6.07, 6.45) is 12.6. The predicted octanol–water partition coefficient (Wildman–Crippen LogP) is 5.67. The summed E-state index contributed by atoms with van der Waals surface area (Å²) in [5.41, 5.74) is -0.0115. The van der Waals surface area contributed by atoms with E-state index in [9.17, 15) is 14.4 Å². The maximum atomic E-state index is 12.4. The van der Waals surface area contributed by atoms with Gasteiger partial charge < -0.3 is 14.2 Å². The second kappa shape index (κ2) is 20.4. The summed E-state index contributed by atoms with van der Waals surface area (Å²) in [5, 5.41) is 0. The van der Waals surface area contributed by atoms with Crippen LogP contribution >= 0.6 is 0 Å². The monoisotopic (exact) mass is 426 g/mol. The largest absolute Gasteiger partial charge is 0.465 e. The summed E-state index contributed by atoms with van der Waals surface area (Å²) < 4.78 is 15.6. The lowest BCUT2D eigenvalue weighted by Gasteiger charge is -2.09. The third-order valence-corrected chi connectivity index (χ3v) is 4.62. The highest BCUT2D eigenvalue weighted by Gasteiger charge is 2.18. The fraction of sp³-hybridized carbons (Fsp3) is 0.792. The summed E-state index contributed by atoms with van der Waals surface area (Å²) in [7, 11) is 0. The van der Waals surface area contributed by atoms with Gasteiger partial charge in [-0.05, 0) is 19.3 Å². The zero-order chi connectivity index (χ0) is 22.5. The highest BCUT2D eigenvalue weighted by atomic mass is 16.5. The number of hydrogen-bond donors (Lipinski definition) is 0. The first-order valence-electron chi connectivity index (χ1n) is 11.7. The molecule has 6 heteroatoms. The molecular weight excluding hydrogens is 384 g/mol. The SMILES string of the molecule is CCCCCCOC(=O)/C=C(\CC(=O)OCCCCCC)C(=O)OCCCCCC. The molecule has 0 radical (unpaired) electrons. The fourth-order valence-corrected chi connectivity index (χ4v) is 2.78. The van der Waals surface area contributed by atoms with Gasteiger partial charge in [0, 0.05) is 6.08 Å². The first-order chi connectivity index (χ1) is 14.5. The van der Waals surface area contributed by atoms with E-state index in [1.807, 2.05) is 0 Å². The molecule has 6 nitrogen and oxygen atoms in total. The minimum atomic E-state index is -0.655. The molecule has 174 valence electrons. The molecule has 0 aromatic heterocycles. The van der Waals surface area contributed by atoms with Crippen molar-refractivity contribution in [2.24, 2.45) is 0 Å². The van der Waals surface area contributed by atoms with Gasteiger partial charge in [0.2, 0.25) is 0 Å². The Labute approximate surface area is 182 Å². The van der Waals surface area contributed by atoms with Crippen molar-refractivity contribution in [1.82, 2.24) is 0 Å². The summed E-state index contributed by atoms with van der Waals surface area (Å²) in [6.45, 7) is 7.22. The molecule has 0 atom stereocenters. The highest BCUT2D eigenvalue weighted by molar-refractivity contribution is 5.99. The third kappa shape index (κ3) is 17.0. The smallest absolute Gasteiger partial charge is 0.334 e. The average molecular weight is 427 g/mol. The fourth-order valence-electron chi connectivity index (χ4n) is 2.78. The van der Waals surface area contributed by atoms with E-state index in [0.717, 1.165) is 83.1 Å². The number of unbranched alkanes of at least 4 members (excludes halogenated alkanes) is 9. The molecule has 0 saturated carbocycles. The molecule has 0 aliphatic rings. The summed E-state index contributed by atoms with van der Waals surface area (Å²) in [6, 6.07) is 0. The van der Waals surface area contributed by atoms with Gasteiger partial charge in [0.05, 0.1) is 31.8 Å². The van der Waals surface area contributed by atoms with Crippen molar-refractivity contribution in [3.05, 3.63) is 11.6 Å². The Morgan fingerprint density at radius 1 is 0.600 bits per heavy atom. The summed E-state index contributed by atoms with van der Waals surface area (Å²) >= 11 is 0. The molecular formula is C24H42O6. The second-order valence-corrected chi connectivity index (χ2v) is 7.55. The van der Waals surface area contributed by atoms with Gasteiger partial charge in [-0.3, -0.25) is 4.79 Å². The molecule has 0 aliphatic carbocycles. The predicted molar refractivity (Wildman–Crippen MR) is 118 cm³/mol. The summed E-state index contributed by atoms with van der Waals surface area (Å²) in [5.74, 6) is -1.81. The zero-order valence-corrected chi connectivity index (χ0v) is 19.3. The van der Waals surface area contributed by atoms with E-state index in [0.29, 0.717) is 13.2 Å². The van der Waals surface area contributed by atoms with Crippen LogP contribution in [0.3, 0.4) is 0 Å². The quantitative estimate of drug-likeness (QED) is 0.115. The Morgan fingerprint density at radius 2 is 1.07 bits per heavy atom. The van der Waals surface area contributed by atoms with Gasteiger partial charge in [0.25, 0.3) is 0 Å². The molecule has 0 aliphatic heterocycles. The number of ether oxygens (including phenoxy) is 3. The van der Waals surface area contributed by atoms with Crippen LogP contribution in [0.15, 0.2) is 11.6 Å². The number of carbonyl (C=O) groups is 3. The van der Waals surface area contributed by atoms with Gasteiger partial charge in [0.1, 0.15) is 0 Å². The van der Waals surface area contributed by atoms with Gasteiger partial charge in [0.15, 0.2) is 0 Å². The van der Waals surface area contributed by atoms with Crippen LogP contribution in [0.25, 0.3) is 0 Å². The average Bonchev–Trinajstić information content (AvgIpc) is 2.72. The topological polar surface area (TPSA) is 78.9 Å². The minimum Gasteiger partial charge on any atom is -0.465 e. The van der Waals surface area contributed by atoms with Crippen molar-refractivity contribution in [2.45, 2.75) is 104 Å². The Balaban J connectivity index is 4.63. The van der Waals surface area contributed by atoms with Crippen LogP contribution < -0.4 is 0 Å². The standard InChI is InChI=1S/C24H42O6/c1-4-7-10-13-16-28-22(25)19-21(24(27)30-18-15-12-9-6-3)20-23(26)29-17-14-11-8-5-2/h19H,4-18,20H2,1-3H3/b21-19+. The molecule has 0 saturated heterocycles. The van der Waals surface area contributed by atoms with Crippen LogP contribution in [0.1, 0.15) is 104 Å². The van der Waals surface area contributed by atoms with Gasteiger partial charge >= 0.3 is 17.9 Å². The van der Waals surface area contributed by atoms with Crippen molar-refractivity contribution in [3.8, 4) is 0 Å². The maximum absolute atomic E-state index is 12.4. The van der Waals surface area contributed by atoms with Crippen LogP contribution in [0, 0.1) is 0 Å². The Bertz CT molecular complexity index is 498. The lowest BCUT2D eigenvalue weighted by molar-refractivity contribution is -0.146. The van der Waals surface area contributed by atoms with E-state index < -0.39 is 17.9 Å². The molecule has 0 N–H and O–H groups in total. The Hall–Kier alpha value is -1.85. The molecule has 0 bridgehead atoms. The molecule has 30 heavy (non-hydrogen) atoms. The molecule has 0 rings (SSSR count). The van der Waals surface area contributed by atoms with Crippen LogP contribution in [0.4, 0.5) is 0 Å². The molecule has 0 fully saturated rings. The van der Waals surface area contributed by atoms with Crippen LogP contribution in [-0.4, -0.2) is 37.7 Å². The maximum Gasteiger partial charge on any atom is 0.334 e. The van der Waals surface area contributed by atoms with Gasteiger partial charge in [-0.25, -0.2) is 9.59 Å². The number of rotatable bonds is 19. The number of carbonyl (C=O) groups excluding carboxylic acids is 3. The first-order valence-corrected chi connectivity index (χ1v) is 11.7. The Kier molecular flexibility index (Phi) is 19.2. The van der Waals surface area contributed by atoms with Crippen molar-refractivity contribution >= 4 is 17.9 Å². The van der Waals surface area contributed by atoms with Crippen LogP contribution in [0.2, 0.25) is 0 Å². The van der Waals surface area contributed by atoms with E-state index in [4.69, 9.17) is 14.2 Å². The van der Waals surface area contributed by atoms with Gasteiger partial charge in [-0.1, -0.05) is 78.6 Å². The highest BCUT2D eigenvalue weighted by Crippen LogP contribution is 2.10. The van der Waals surface area contributed by atoms with Crippen LogP contribution in [-0.2, 0) is 28.6 Å². The van der Waals surface area contributed by atoms with Crippen LogP contribution in [0.5, 0.6) is 0 Å². The van der Waals surface area contributed by atoms with Gasteiger partial charge in [-0.2, -0.15) is 0 Å². The van der Waals surface area contributed by atoms with Crippen molar-refractivity contribution in [2.75, 3.05) is 19.8 Å².